The number of hydrogen-bond acceptors (Lipinski definition) is 2. The second-order valence-corrected chi connectivity index (χ2v) is 10.8. The predicted molar refractivity (Wildman–Crippen MR) is 133 cm³/mol. The van der Waals surface area contributed by atoms with E-state index in [1.807, 2.05) is 20.8 Å². The highest BCUT2D eigenvalue weighted by molar-refractivity contribution is 6.35. The summed E-state index contributed by atoms with van der Waals surface area (Å²) in [5.41, 5.74) is 1.59. The normalized spacial score (nSPS) is 14.8. The van der Waals surface area contributed by atoms with Crippen LogP contribution in [0.5, 0.6) is 0 Å². The van der Waals surface area contributed by atoms with Crippen LogP contribution in [0.15, 0.2) is 30.3 Å². The lowest BCUT2D eigenvalue weighted by molar-refractivity contribution is -0.178. The molecular weight excluding hydrogens is 502 g/mol. The number of benzene rings is 2. The third kappa shape index (κ3) is 6.91. The summed E-state index contributed by atoms with van der Waals surface area (Å²) in [6, 6.07) is 7.44. The molecule has 2 rings (SSSR count). The van der Waals surface area contributed by atoms with Gasteiger partial charge in [0.25, 0.3) is 0 Å². The minimum atomic E-state index is -4.63. The number of carbonyl (C=O) groups is 2. The van der Waals surface area contributed by atoms with Crippen molar-refractivity contribution in [2.45, 2.75) is 65.5 Å². The van der Waals surface area contributed by atoms with Gasteiger partial charge >= 0.3 is 12.1 Å². The van der Waals surface area contributed by atoms with Gasteiger partial charge in [0, 0.05) is 5.02 Å². The number of carboxylic acid groups (broad SMARTS) is 1. The van der Waals surface area contributed by atoms with Crippen LogP contribution in [0.25, 0.3) is 0 Å². The number of hydrogen-bond donors (Lipinski definition) is 2. The maximum absolute atomic E-state index is 13.8. The first kappa shape index (κ1) is 29.0. The van der Waals surface area contributed by atoms with Crippen LogP contribution in [-0.4, -0.2) is 23.2 Å². The Bertz CT molecular complexity index is 1090. The molecule has 2 N–H and O–H groups in total. The molecular formula is C26H30Cl2F3NO3. The summed E-state index contributed by atoms with van der Waals surface area (Å²) in [6.45, 7) is 9.84. The summed E-state index contributed by atoms with van der Waals surface area (Å²) in [4.78, 5) is 25.0. The second kappa shape index (κ2) is 10.8. The lowest BCUT2D eigenvalue weighted by atomic mass is 9.79. The molecule has 0 fully saturated rings. The minimum Gasteiger partial charge on any atom is -0.481 e. The van der Waals surface area contributed by atoms with Crippen LogP contribution in [0.1, 0.15) is 62.8 Å². The SMILES string of the molecule is Cc1cc(C[C@H](C)C(=O)O)c(C(C)(C)C)c(NC(=O)[C@H](c2ccc(Cl)cc2)[C@@H](C)C(F)(F)F)c1Cl. The summed E-state index contributed by atoms with van der Waals surface area (Å²) >= 11 is 12.5. The quantitative estimate of drug-likeness (QED) is 0.383. The lowest BCUT2D eigenvalue weighted by Gasteiger charge is -2.31. The minimum absolute atomic E-state index is 0.164. The average molecular weight is 532 g/mol. The van der Waals surface area contributed by atoms with Crippen LogP contribution in [0.2, 0.25) is 10.0 Å². The van der Waals surface area contributed by atoms with E-state index in [2.05, 4.69) is 5.32 Å². The fourth-order valence-electron chi connectivity index (χ4n) is 4.14. The zero-order chi connectivity index (χ0) is 26.9. The highest BCUT2D eigenvalue weighted by Crippen LogP contribution is 2.43. The molecule has 35 heavy (non-hydrogen) atoms. The van der Waals surface area contributed by atoms with Gasteiger partial charge in [0.1, 0.15) is 0 Å². The summed E-state index contributed by atoms with van der Waals surface area (Å²) in [5.74, 6) is -6.11. The van der Waals surface area contributed by atoms with E-state index in [9.17, 15) is 27.9 Å². The predicted octanol–water partition coefficient (Wildman–Crippen LogP) is 7.78. The van der Waals surface area contributed by atoms with Gasteiger partial charge in [-0.05, 0) is 53.1 Å². The first-order chi connectivity index (χ1) is 15.9. The summed E-state index contributed by atoms with van der Waals surface area (Å²) in [7, 11) is 0. The van der Waals surface area contributed by atoms with Crippen molar-refractivity contribution in [3.63, 3.8) is 0 Å². The van der Waals surface area contributed by atoms with Crippen LogP contribution < -0.4 is 5.32 Å². The van der Waals surface area contributed by atoms with Gasteiger partial charge in [0.05, 0.1) is 28.5 Å². The Labute approximate surface area is 213 Å². The van der Waals surface area contributed by atoms with Gasteiger partial charge in [0.2, 0.25) is 5.91 Å². The van der Waals surface area contributed by atoms with Gasteiger partial charge in [0.15, 0.2) is 0 Å². The van der Waals surface area contributed by atoms with Crippen LogP contribution >= 0.6 is 23.2 Å². The third-order valence-electron chi connectivity index (χ3n) is 6.00. The molecule has 3 atom stereocenters. The number of carbonyl (C=O) groups excluding carboxylic acids is 1. The fraction of sp³-hybridized carbons (Fsp3) is 0.462. The van der Waals surface area contributed by atoms with Crippen molar-refractivity contribution in [1.29, 1.82) is 0 Å². The average Bonchev–Trinajstić information content (AvgIpc) is 2.71. The number of anilines is 1. The van der Waals surface area contributed by atoms with Gasteiger partial charge in [-0.25, -0.2) is 0 Å². The number of aliphatic carboxylic acids is 1. The molecule has 0 saturated heterocycles. The molecule has 0 aliphatic rings. The zero-order valence-corrected chi connectivity index (χ0v) is 22.0. The molecule has 0 saturated carbocycles. The summed E-state index contributed by atoms with van der Waals surface area (Å²) in [6.07, 6.45) is -4.46. The van der Waals surface area contributed by atoms with E-state index in [0.29, 0.717) is 21.7 Å². The standard InChI is InChI=1S/C26H30Cl2F3NO3/c1-13-11-17(12-14(2)24(34)35)20(25(4,5)6)22(21(13)28)32-23(33)19(15(3)26(29,30)31)16-7-9-18(27)10-8-16/h7-11,14-15,19H,12H2,1-6H3,(H,32,33)(H,34,35)/t14-,15+,19-/m0/s1. The Balaban J connectivity index is 2.67. The van der Waals surface area contributed by atoms with Crippen molar-refractivity contribution in [2.24, 2.45) is 11.8 Å². The van der Waals surface area contributed by atoms with Crippen molar-refractivity contribution in [2.75, 3.05) is 5.32 Å². The van der Waals surface area contributed by atoms with E-state index in [4.69, 9.17) is 23.2 Å². The number of alkyl halides is 3. The Kier molecular flexibility index (Phi) is 8.93. The van der Waals surface area contributed by atoms with Crippen LogP contribution in [0, 0.1) is 18.8 Å². The third-order valence-corrected chi connectivity index (χ3v) is 6.74. The van der Waals surface area contributed by atoms with Gasteiger partial charge < -0.3 is 10.4 Å². The first-order valence-corrected chi connectivity index (χ1v) is 11.9. The molecule has 0 aromatic heterocycles. The molecule has 1 amide bonds. The molecule has 2 aromatic rings. The molecule has 192 valence electrons. The van der Waals surface area contributed by atoms with Crippen molar-refractivity contribution in [3.8, 4) is 0 Å². The topological polar surface area (TPSA) is 66.4 Å². The van der Waals surface area contributed by atoms with E-state index in [0.717, 1.165) is 6.92 Å². The Hall–Kier alpha value is -2.25. The Morgan fingerprint density at radius 1 is 1.06 bits per heavy atom. The summed E-state index contributed by atoms with van der Waals surface area (Å²) < 4.78 is 41.3. The number of carboxylic acids is 1. The number of halogens is 5. The van der Waals surface area contributed by atoms with Gasteiger partial charge in [-0.2, -0.15) is 13.2 Å². The molecule has 0 unspecified atom stereocenters. The van der Waals surface area contributed by atoms with Crippen molar-refractivity contribution in [3.05, 3.63) is 62.6 Å². The maximum atomic E-state index is 13.8. The van der Waals surface area contributed by atoms with E-state index in [-0.39, 0.29) is 22.7 Å². The molecule has 9 heteroatoms. The largest absolute Gasteiger partial charge is 0.481 e. The number of rotatable bonds is 7. The van der Waals surface area contributed by atoms with Crippen molar-refractivity contribution >= 4 is 40.8 Å². The number of aryl methyl sites for hydroxylation is 1. The van der Waals surface area contributed by atoms with Crippen LogP contribution in [-0.2, 0) is 21.4 Å². The zero-order valence-electron chi connectivity index (χ0n) is 20.5. The van der Waals surface area contributed by atoms with Gasteiger partial charge in [-0.3, -0.25) is 9.59 Å². The van der Waals surface area contributed by atoms with E-state index in [1.165, 1.54) is 24.3 Å². The molecule has 0 heterocycles. The molecule has 0 radical (unpaired) electrons. The maximum Gasteiger partial charge on any atom is 0.392 e. The molecule has 0 aliphatic heterocycles. The molecule has 0 bridgehead atoms. The monoisotopic (exact) mass is 531 g/mol. The molecule has 0 spiro atoms. The van der Waals surface area contributed by atoms with Gasteiger partial charge in [-0.15, -0.1) is 0 Å². The van der Waals surface area contributed by atoms with Crippen molar-refractivity contribution < 1.29 is 27.9 Å². The van der Waals surface area contributed by atoms with Crippen LogP contribution in [0.3, 0.4) is 0 Å². The summed E-state index contributed by atoms with van der Waals surface area (Å²) in [5, 5.41) is 12.6. The smallest absolute Gasteiger partial charge is 0.392 e. The molecule has 4 nitrogen and oxygen atoms in total. The van der Waals surface area contributed by atoms with Gasteiger partial charge in [-0.1, -0.05) is 76.0 Å². The lowest BCUT2D eigenvalue weighted by Crippen LogP contribution is -2.35. The number of amides is 1. The fourth-order valence-corrected chi connectivity index (χ4v) is 4.47. The second-order valence-electron chi connectivity index (χ2n) is 9.96. The number of nitrogens with one attached hydrogen (secondary N) is 1. The highest BCUT2D eigenvalue weighted by Gasteiger charge is 2.45. The molecule has 2 aromatic carbocycles. The van der Waals surface area contributed by atoms with E-state index < -0.39 is 41.2 Å². The van der Waals surface area contributed by atoms with E-state index >= 15 is 0 Å². The Morgan fingerprint density at radius 2 is 1.60 bits per heavy atom. The highest BCUT2D eigenvalue weighted by atomic mass is 35.5. The first-order valence-electron chi connectivity index (χ1n) is 11.1. The van der Waals surface area contributed by atoms with Crippen LogP contribution in [0.4, 0.5) is 18.9 Å². The van der Waals surface area contributed by atoms with Crippen molar-refractivity contribution in [1.82, 2.24) is 0 Å². The Morgan fingerprint density at radius 3 is 2.06 bits per heavy atom. The molecule has 0 aliphatic carbocycles. The van der Waals surface area contributed by atoms with E-state index in [1.54, 1.807) is 19.9 Å².